The van der Waals surface area contributed by atoms with Gasteiger partial charge < -0.3 is 9.15 Å². The smallest absolute Gasteiger partial charge is 0.349 e. The highest BCUT2D eigenvalue weighted by Gasteiger charge is 2.26. The molecule has 0 amide bonds. The maximum absolute atomic E-state index is 12.8. The van der Waals surface area contributed by atoms with Gasteiger partial charge in [-0.25, -0.2) is 9.78 Å². The number of ether oxygens (including phenoxy) is 1. The normalized spacial score (nSPS) is 14.0. The largest absolute Gasteiger partial charge is 0.448 e. The van der Waals surface area contributed by atoms with E-state index in [1.165, 1.54) is 11.3 Å². The Kier molecular flexibility index (Phi) is 4.86. The molecule has 0 N–H and O–H groups in total. The number of hydrogen-bond donors (Lipinski definition) is 0. The summed E-state index contributed by atoms with van der Waals surface area (Å²) >= 11 is 7.18. The SMILES string of the molecule is Cc1c(C(=O)O[C@@H](C)c2nnc(-c3cccc(Cl)c3)o2)sc2nc3n(c(=O)c12)CCC3. The summed E-state index contributed by atoms with van der Waals surface area (Å²) in [5.41, 5.74) is 1.16. The molecule has 0 radical (unpaired) electrons. The average Bonchev–Trinajstić information content (AvgIpc) is 3.47. The van der Waals surface area contributed by atoms with Crippen molar-refractivity contribution in [2.45, 2.75) is 39.3 Å². The van der Waals surface area contributed by atoms with Crippen LogP contribution in [0.1, 0.15) is 46.4 Å². The minimum absolute atomic E-state index is 0.0959. The van der Waals surface area contributed by atoms with Gasteiger partial charge in [-0.3, -0.25) is 9.36 Å². The van der Waals surface area contributed by atoms with Gasteiger partial charge >= 0.3 is 5.97 Å². The number of aromatic nitrogens is 4. The first-order chi connectivity index (χ1) is 14.9. The molecule has 5 rings (SSSR count). The lowest BCUT2D eigenvalue weighted by Gasteiger charge is -2.08. The van der Waals surface area contributed by atoms with E-state index in [4.69, 9.17) is 20.8 Å². The molecule has 0 saturated carbocycles. The predicted molar refractivity (Wildman–Crippen MR) is 116 cm³/mol. The molecule has 0 aliphatic carbocycles. The molecule has 0 saturated heterocycles. The van der Waals surface area contributed by atoms with Crippen molar-refractivity contribution >= 4 is 39.1 Å². The minimum atomic E-state index is -0.767. The molecule has 1 atom stereocenters. The number of nitrogens with zero attached hydrogens (tertiary/aromatic N) is 4. The number of fused-ring (bicyclic) bond motifs is 2. The second-order valence-electron chi connectivity index (χ2n) is 7.33. The number of esters is 1. The van der Waals surface area contributed by atoms with E-state index in [2.05, 4.69) is 15.2 Å². The highest BCUT2D eigenvalue weighted by Crippen LogP contribution is 2.31. The molecule has 0 spiro atoms. The summed E-state index contributed by atoms with van der Waals surface area (Å²) < 4.78 is 12.9. The summed E-state index contributed by atoms with van der Waals surface area (Å²) in [4.78, 5) is 31.2. The Hall–Kier alpha value is -3.04. The third-order valence-electron chi connectivity index (χ3n) is 5.24. The van der Waals surface area contributed by atoms with E-state index >= 15 is 0 Å². The summed E-state index contributed by atoms with van der Waals surface area (Å²) in [6, 6.07) is 7.03. The summed E-state index contributed by atoms with van der Waals surface area (Å²) in [6.07, 6.45) is 0.911. The van der Waals surface area contributed by atoms with Crippen LogP contribution in [0.25, 0.3) is 21.7 Å². The summed E-state index contributed by atoms with van der Waals surface area (Å²) in [7, 11) is 0. The monoisotopic (exact) mass is 456 g/mol. The molecule has 8 nitrogen and oxygen atoms in total. The van der Waals surface area contributed by atoms with Crippen molar-refractivity contribution in [2.75, 3.05) is 0 Å². The maximum atomic E-state index is 12.8. The summed E-state index contributed by atoms with van der Waals surface area (Å²) in [5.74, 6) is 0.663. The lowest BCUT2D eigenvalue weighted by Crippen LogP contribution is -2.20. The van der Waals surface area contributed by atoms with E-state index in [1.54, 1.807) is 42.7 Å². The Morgan fingerprint density at radius 1 is 1.35 bits per heavy atom. The maximum Gasteiger partial charge on any atom is 0.349 e. The summed E-state index contributed by atoms with van der Waals surface area (Å²) in [6.45, 7) is 4.06. The van der Waals surface area contributed by atoms with Crippen LogP contribution < -0.4 is 5.56 Å². The van der Waals surface area contributed by atoms with Crippen molar-refractivity contribution in [3.8, 4) is 11.5 Å². The van der Waals surface area contributed by atoms with Crippen LogP contribution in [-0.2, 0) is 17.7 Å². The second-order valence-corrected chi connectivity index (χ2v) is 8.76. The molecule has 1 aliphatic rings. The molecule has 0 bridgehead atoms. The Balaban J connectivity index is 1.40. The van der Waals surface area contributed by atoms with E-state index in [1.807, 2.05) is 0 Å². The topological polar surface area (TPSA) is 100 Å². The number of halogens is 1. The molecule has 1 aromatic carbocycles. The lowest BCUT2D eigenvalue weighted by atomic mass is 10.2. The fourth-order valence-corrected chi connectivity index (χ4v) is 4.94. The van der Waals surface area contributed by atoms with Crippen molar-refractivity contribution in [3.05, 3.63) is 61.8 Å². The zero-order chi connectivity index (χ0) is 21.7. The van der Waals surface area contributed by atoms with Crippen LogP contribution in [0.3, 0.4) is 0 Å². The molecule has 0 fully saturated rings. The number of hydrogen-bond acceptors (Lipinski definition) is 8. The third-order valence-corrected chi connectivity index (χ3v) is 6.64. The minimum Gasteiger partial charge on any atom is -0.448 e. The number of rotatable bonds is 4. The van der Waals surface area contributed by atoms with Crippen LogP contribution in [0, 0.1) is 6.92 Å². The van der Waals surface area contributed by atoms with Crippen molar-refractivity contribution < 1.29 is 13.9 Å². The van der Waals surface area contributed by atoms with Crippen LogP contribution in [0.2, 0.25) is 5.02 Å². The Morgan fingerprint density at radius 3 is 3.00 bits per heavy atom. The van der Waals surface area contributed by atoms with Crippen LogP contribution in [0.5, 0.6) is 0 Å². The first kappa shape index (κ1) is 19.9. The predicted octanol–water partition coefficient (Wildman–Crippen LogP) is 4.33. The molecule has 158 valence electrons. The van der Waals surface area contributed by atoms with E-state index in [0.29, 0.717) is 37.8 Å². The highest BCUT2D eigenvalue weighted by atomic mass is 35.5. The van der Waals surface area contributed by atoms with Crippen molar-refractivity contribution in [3.63, 3.8) is 0 Å². The standard InChI is InChI=1S/C21H17ClN4O4S/c1-10-15-19(23-14-7-4-8-26(14)20(15)27)31-16(10)21(28)29-11(2)17-24-25-18(30-17)12-5-3-6-13(22)9-12/h3,5-6,9,11H,4,7-8H2,1-2H3/t11-/m0/s1. The van der Waals surface area contributed by atoms with Gasteiger partial charge in [0.25, 0.3) is 11.4 Å². The molecular formula is C21H17ClN4O4S. The number of aryl methyl sites for hydroxylation is 2. The number of thiophene rings is 1. The zero-order valence-electron chi connectivity index (χ0n) is 16.7. The van der Waals surface area contributed by atoms with Crippen LogP contribution in [-0.4, -0.2) is 25.7 Å². The fourth-order valence-electron chi connectivity index (χ4n) is 3.67. The first-order valence-electron chi connectivity index (χ1n) is 9.75. The quantitative estimate of drug-likeness (QED) is 0.421. The van der Waals surface area contributed by atoms with Crippen LogP contribution >= 0.6 is 22.9 Å². The van der Waals surface area contributed by atoms with Gasteiger partial charge in [0.05, 0.1) is 5.39 Å². The van der Waals surface area contributed by atoms with Crippen LogP contribution in [0.4, 0.5) is 0 Å². The van der Waals surface area contributed by atoms with Crippen LogP contribution in [0.15, 0.2) is 33.5 Å². The molecule has 4 aromatic rings. The van der Waals surface area contributed by atoms with E-state index in [0.717, 1.165) is 18.7 Å². The first-order valence-corrected chi connectivity index (χ1v) is 10.9. The molecule has 3 aromatic heterocycles. The molecule has 10 heteroatoms. The van der Waals surface area contributed by atoms with E-state index < -0.39 is 12.1 Å². The van der Waals surface area contributed by atoms with Gasteiger partial charge in [-0.2, -0.15) is 0 Å². The summed E-state index contributed by atoms with van der Waals surface area (Å²) in [5, 5.41) is 9.03. The molecular weight excluding hydrogens is 440 g/mol. The third kappa shape index (κ3) is 3.43. The fraction of sp³-hybridized carbons (Fsp3) is 0.286. The van der Waals surface area contributed by atoms with E-state index in [9.17, 15) is 9.59 Å². The van der Waals surface area contributed by atoms with Gasteiger partial charge in [-0.15, -0.1) is 21.5 Å². The molecule has 31 heavy (non-hydrogen) atoms. The van der Waals surface area contributed by atoms with Gasteiger partial charge in [0, 0.05) is 23.6 Å². The highest BCUT2D eigenvalue weighted by molar-refractivity contribution is 7.20. The second kappa shape index (κ2) is 7.58. The van der Waals surface area contributed by atoms with Gasteiger partial charge in [0.2, 0.25) is 5.89 Å². The zero-order valence-corrected chi connectivity index (χ0v) is 18.3. The number of benzene rings is 1. The number of carbonyl (C=O) groups is 1. The molecule has 1 aliphatic heterocycles. The number of carbonyl (C=O) groups excluding carboxylic acids is 1. The van der Waals surface area contributed by atoms with Crippen molar-refractivity contribution in [1.29, 1.82) is 0 Å². The van der Waals surface area contributed by atoms with Crippen molar-refractivity contribution in [2.24, 2.45) is 0 Å². The van der Waals surface area contributed by atoms with Gasteiger partial charge in [-0.05, 0) is 44.0 Å². The van der Waals surface area contributed by atoms with Gasteiger partial charge in [0.15, 0.2) is 6.10 Å². The Morgan fingerprint density at radius 2 is 2.19 bits per heavy atom. The lowest BCUT2D eigenvalue weighted by molar-refractivity contribution is 0.0285. The Bertz CT molecular complexity index is 1390. The molecule has 4 heterocycles. The van der Waals surface area contributed by atoms with E-state index in [-0.39, 0.29) is 17.3 Å². The average molecular weight is 457 g/mol. The Labute approximate surface area is 185 Å². The van der Waals surface area contributed by atoms with Crippen molar-refractivity contribution in [1.82, 2.24) is 19.7 Å². The van der Waals surface area contributed by atoms with Gasteiger partial charge in [-0.1, -0.05) is 17.7 Å². The molecule has 0 unspecified atom stereocenters. The van der Waals surface area contributed by atoms with Gasteiger partial charge in [0.1, 0.15) is 15.5 Å².